The maximum atomic E-state index is 13.7. The lowest BCUT2D eigenvalue weighted by Crippen LogP contribution is -2.40. The van der Waals surface area contributed by atoms with Crippen molar-refractivity contribution < 1.29 is 4.79 Å². The zero-order valence-corrected chi connectivity index (χ0v) is 19.8. The second kappa shape index (κ2) is 8.37. The molecule has 172 valence electrons. The molecule has 7 nitrogen and oxygen atoms in total. The number of aromatic amines is 1. The molecule has 0 spiro atoms. The number of aryl methyl sites for hydroxylation is 2. The molecular formula is C26H31N5O2. The maximum absolute atomic E-state index is 13.7. The fourth-order valence-electron chi connectivity index (χ4n) is 5.14. The predicted molar refractivity (Wildman–Crippen MR) is 128 cm³/mol. The summed E-state index contributed by atoms with van der Waals surface area (Å²) >= 11 is 0. The molecule has 0 bridgehead atoms. The number of nitrogens with zero attached hydrogens (tertiary/aromatic N) is 4. The van der Waals surface area contributed by atoms with Gasteiger partial charge in [0.2, 0.25) is 0 Å². The topological polar surface area (TPSA) is 82.2 Å². The van der Waals surface area contributed by atoms with E-state index in [1.807, 2.05) is 36.9 Å². The minimum absolute atomic E-state index is 0.0462. The zero-order valence-electron chi connectivity index (χ0n) is 19.8. The molecule has 1 amide bonds. The summed E-state index contributed by atoms with van der Waals surface area (Å²) in [6.45, 7) is 10.4. The predicted octanol–water partition coefficient (Wildman–Crippen LogP) is 3.68. The van der Waals surface area contributed by atoms with Crippen LogP contribution in [0.25, 0.3) is 10.9 Å². The van der Waals surface area contributed by atoms with Gasteiger partial charge in [-0.25, -0.2) is 4.98 Å². The number of nitrogens with one attached hydrogen (secondary N) is 1. The number of benzene rings is 1. The summed E-state index contributed by atoms with van der Waals surface area (Å²) in [5.74, 6) is 0.563. The molecule has 2 aliphatic rings. The van der Waals surface area contributed by atoms with Gasteiger partial charge in [-0.2, -0.15) is 0 Å². The second-order valence-electron chi connectivity index (χ2n) is 9.66. The van der Waals surface area contributed by atoms with E-state index >= 15 is 0 Å². The number of aromatic nitrogens is 3. The van der Waals surface area contributed by atoms with Crippen molar-refractivity contribution in [2.45, 2.75) is 65.6 Å². The Balaban J connectivity index is 1.49. The number of pyridine rings is 1. The first kappa shape index (κ1) is 21.8. The molecule has 1 saturated heterocycles. The Bertz CT molecular complexity index is 1300. The largest absolute Gasteiger partial charge is 0.328 e. The number of likely N-dealkylation sites (tertiary alicyclic amines) is 1. The van der Waals surface area contributed by atoms with Gasteiger partial charge in [0.05, 0.1) is 28.5 Å². The second-order valence-corrected chi connectivity index (χ2v) is 9.66. The number of carbonyl (C=O) groups excluding carboxylic acids is 1. The minimum Gasteiger partial charge on any atom is -0.328 e. The van der Waals surface area contributed by atoms with Crippen molar-refractivity contribution in [2.75, 3.05) is 13.1 Å². The normalized spacial score (nSPS) is 18.8. The monoisotopic (exact) mass is 445 g/mol. The van der Waals surface area contributed by atoms with E-state index in [0.717, 1.165) is 52.8 Å². The highest BCUT2D eigenvalue weighted by Gasteiger charge is 2.34. The Morgan fingerprint density at radius 3 is 2.76 bits per heavy atom. The molecule has 2 aromatic heterocycles. The van der Waals surface area contributed by atoms with E-state index in [4.69, 9.17) is 4.98 Å². The fourth-order valence-corrected chi connectivity index (χ4v) is 5.14. The number of rotatable bonds is 3. The molecule has 2 aliphatic heterocycles. The maximum Gasteiger partial charge on any atom is 0.256 e. The Morgan fingerprint density at radius 2 is 1.97 bits per heavy atom. The summed E-state index contributed by atoms with van der Waals surface area (Å²) in [5.41, 5.74) is 4.95. The molecule has 3 aromatic rings. The quantitative estimate of drug-likeness (QED) is 0.665. The lowest BCUT2D eigenvalue weighted by molar-refractivity contribution is 0.0728. The van der Waals surface area contributed by atoms with E-state index in [2.05, 4.69) is 34.8 Å². The number of carbonyl (C=O) groups is 1. The lowest BCUT2D eigenvalue weighted by Gasteiger charge is -2.31. The molecule has 0 radical (unpaired) electrons. The van der Waals surface area contributed by atoms with Gasteiger partial charge in [-0.15, -0.1) is 0 Å². The average molecular weight is 446 g/mol. The van der Waals surface area contributed by atoms with Gasteiger partial charge in [-0.3, -0.25) is 19.5 Å². The molecule has 33 heavy (non-hydrogen) atoms. The molecule has 0 unspecified atom stereocenters. The van der Waals surface area contributed by atoms with Gasteiger partial charge in [0.1, 0.15) is 5.82 Å². The highest BCUT2D eigenvalue weighted by atomic mass is 16.2. The lowest BCUT2D eigenvalue weighted by atomic mass is 10.0. The van der Waals surface area contributed by atoms with Crippen molar-refractivity contribution in [1.29, 1.82) is 0 Å². The summed E-state index contributed by atoms with van der Waals surface area (Å²) in [6, 6.07) is 8.21. The van der Waals surface area contributed by atoms with Gasteiger partial charge in [-0.1, -0.05) is 11.6 Å². The van der Waals surface area contributed by atoms with Crippen LogP contribution in [0.4, 0.5) is 0 Å². The number of hydrogen-bond acceptors (Lipinski definition) is 5. The molecule has 5 rings (SSSR count). The molecule has 1 fully saturated rings. The molecule has 1 N–H and O–H groups in total. The van der Waals surface area contributed by atoms with Crippen LogP contribution in [0.2, 0.25) is 0 Å². The third kappa shape index (κ3) is 3.95. The van der Waals surface area contributed by atoms with Crippen LogP contribution in [0, 0.1) is 13.8 Å². The molecule has 0 saturated carbocycles. The minimum atomic E-state index is -0.225. The highest BCUT2D eigenvalue weighted by Crippen LogP contribution is 2.32. The molecule has 4 heterocycles. The van der Waals surface area contributed by atoms with Gasteiger partial charge in [0.25, 0.3) is 11.5 Å². The fraction of sp³-hybridized carbons (Fsp3) is 0.462. The SMILES string of the molecule is Cc1ccc2nc(C)c(C(=O)N3CCC[C@H]3c3nc4c(c(=O)[nH]3)CCN(C(C)C)C4)cc2c1. The van der Waals surface area contributed by atoms with E-state index in [1.165, 1.54) is 0 Å². The number of hydrogen-bond donors (Lipinski definition) is 1. The van der Waals surface area contributed by atoms with E-state index < -0.39 is 0 Å². The molecule has 1 atom stereocenters. The molecule has 0 aliphatic carbocycles. The van der Waals surface area contributed by atoms with Crippen LogP contribution in [-0.2, 0) is 13.0 Å². The van der Waals surface area contributed by atoms with E-state index in [0.29, 0.717) is 36.9 Å². The van der Waals surface area contributed by atoms with Gasteiger partial charge in [0, 0.05) is 36.6 Å². The molecule has 7 heteroatoms. The van der Waals surface area contributed by atoms with Crippen LogP contribution in [0.1, 0.15) is 71.4 Å². The van der Waals surface area contributed by atoms with Crippen molar-refractivity contribution in [2.24, 2.45) is 0 Å². The number of H-pyrrole nitrogens is 1. The smallest absolute Gasteiger partial charge is 0.256 e. The van der Waals surface area contributed by atoms with Gasteiger partial charge >= 0.3 is 0 Å². The highest BCUT2D eigenvalue weighted by molar-refractivity contribution is 5.99. The van der Waals surface area contributed by atoms with Crippen molar-refractivity contribution in [3.63, 3.8) is 0 Å². The standard InChI is InChI=1S/C26H31N5O2/c1-15(2)30-11-9-19-22(14-30)28-24(29-25(19)32)23-6-5-10-31(23)26(33)20-13-18-12-16(3)7-8-21(18)27-17(20)4/h7-8,12-13,15,23H,5-6,9-11,14H2,1-4H3,(H,28,29,32)/t23-/m0/s1. The van der Waals surface area contributed by atoms with Crippen LogP contribution >= 0.6 is 0 Å². The van der Waals surface area contributed by atoms with Gasteiger partial charge in [0.15, 0.2) is 0 Å². The first-order valence-corrected chi connectivity index (χ1v) is 11.9. The molecular weight excluding hydrogens is 414 g/mol. The Kier molecular flexibility index (Phi) is 5.52. The Morgan fingerprint density at radius 1 is 1.15 bits per heavy atom. The average Bonchev–Trinajstić information content (AvgIpc) is 3.28. The van der Waals surface area contributed by atoms with Crippen LogP contribution in [0.3, 0.4) is 0 Å². The number of fused-ring (bicyclic) bond motifs is 2. The van der Waals surface area contributed by atoms with Gasteiger partial charge in [-0.05, 0) is 65.2 Å². The third-order valence-corrected chi connectivity index (χ3v) is 7.07. The van der Waals surface area contributed by atoms with Crippen molar-refractivity contribution in [3.8, 4) is 0 Å². The summed E-state index contributed by atoms with van der Waals surface area (Å²) in [6.07, 6.45) is 2.39. The van der Waals surface area contributed by atoms with Gasteiger partial charge < -0.3 is 9.88 Å². The van der Waals surface area contributed by atoms with E-state index in [1.54, 1.807) is 0 Å². The van der Waals surface area contributed by atoms with Crippen molar-refractivity contribution in [1.82, 2.24) is 24.8 Å². The third-order valence-electron chi connectivity index (χ3n) is 7.07. The summed E-state index contributed by atoms with van der Waals surface area (Å²) in [5, 5.41) is 0.966. The summed E-state index contributed by atoms with van der Waals surface area (Å²) < 4.78 is 0. The Labute approximate surface area is 193 Å². The van der Waals surface area contributed by atoms with Crippen LogP contribution in [0.15, 0.2) is 29.1 Å². The first-order chi connectivity index (χ1) is 15.8. The van der Waals surface area contributed by atoms with Crippen LogP contribution < -0.4 is 5.56 Å². The number of amides is 1. The Hall–Kier alpha value is -3.06. The zero-order chi connectivity index (χ0) is 23.3. The van der Waals surface area contributed by atoms with Crippen molar-refractivity contribution in [3.05, 3.63) is 68.5 Å². The van der Waals surface area contributed by atoms with Crippen molar-refractivity contribution >= 4 is 16.8 Å². The van der Waals surface area contributed by atoms with E-state index in [9.17, 15) is 9.59 Å². The molecule has 1 aromatic carbocycles. The van der Waals surface area contributed by atoms with Crippen LogP contribution in [-0.4, -0.2) is 49.8 Å². The van der Waals surface area contributed by atoms with E-state index in [-0.39, 0.29) is 17.5 Å². The first-order valence-electron chi connectivity index (χ1n) is 11.9. The van der Waals surface area contributed by atoms with Crippen LogP contribution in [0.5, 0.6) is 0 Å². The summed E-state index contributed by atoms with van der Waals surface area (Å²) in [7, 11) is 0. The summed E-state index contributed by atoms with van der Waals surface area (Å²) in [4.78, 5) is 43.3.